The zero-order valence-electron chi connectivity index (χ0n) is 9.75. The van der Waals surface area contributed by atoms with E-state index in [1.807, 2.05) is 0 Å². The molecule has 96 valence electrons. The standard InChI is InChI=1S/C12H16ClFN2.ClH/c1-9(16-6-4-15-5-7-16)11-3-2-10(14)8-12(11)13;/h2-3,8-9,15H,4-7H2,1H3;1H/t9-;/m0./s1. The number of piperazine rings is 1. The highest BCUT2D eigenvalue weighted by Crippen LogP contribution is 2.27. The summed E-state index contributed by atoms with van der Waals surface area (Å²) in [6.07, 6.45) is 0. The third kappa shape index (κ3) is 3.55. The second-order valence-electron chi connectivity index (χ2n) is 4.13. The lowest BCUT2D eigenvalue weighted by Crippen LogP contribution is -2.44. The molecule has 0 radical (unpaired) electrons. The van der Waals surface area contributed by atoms with Gasteiger partial charge in [-0.2, -0.15) is 0 Å². The Hall–Kier alpha value is -0.350. The Morgan fingerprint density at radius 1 is 1.35 bits per heavy atom. The van der Waals surface area contributed by atoms with Crippen LogP contribution < -0.4 is 5.32 Å². The first-order chi connectivity index (χ1) is 7.68. The van der Waals surface area contributed by atoms with Gasteiger partial charge in [0.15, 0.2) is 0 Å². The van der Waals surface area contributed by atoms with Crippen LogP contribution in [0.4, 0.5) is 4.39 Å². The first-order valence-electron chi connectivity index (χ1n) is 5.58. The van der Waals surface area contributed by atoms with Gasteiger partial charge in [0, 0.05) is 37.2 Å². The van der Waals surface area contributed by atoms with E-state index in [1.165, 1.54) is 12.1 Å². The van der Waals surface area contributed by atoms with Gasteiger partial charge in [-0.1, -0.05) is 17.7 Å². The molecule has 1 aromatic carbocycles. The average Bonchev–Trinajstić information content (AvgIpc) is 2.29. The highest BCUT2D eigenvalue weighted by molar-refractivity contribution is 6.31. The number of rotatable bonds is 2. The molecular weight excluding hydrogens is 262 g/mol. The van der Waals surface area contributed by atoms with Gasteiger partial charge in [-0.25, -0.2) is 4.39 Å². The third-order valence-corrected chi connectivity index (χ3v) is 3.44. The molecule has 1 aromatic rings. The van der Waals surface area contributed by atoms with Gasteiger partial charge >= 0.3 is 0 Å². The highest BCUT2D eigenvalue weighted by atomic mass is 35.5. The fraction of sp³-hybridized carbons (Fsp3) is 0.500. The van der Waals surface area contributed by atoms with Crippen molar-refractivity contribution in [1.82, 2.24) is 10.2 Å². The number of nitrogens with one attached hydrogen (secondary N) is 1. The molecule has 0 saturated carbocycles. The largest absolute Gasteiger partial charge is 0.314 e. The van der Waals surface area contributed by atoms with Crippen LogP contribution in [0.5, 0.6) is 0 Å². The summed E-state index contributed by atoms with van der Waals surface area (Å²) in [5, 5.41) is 3.83. The maximum Gasteiger partial charge on any atom is 0.124 e. The average molecular weight is 279 g/mol. The Balaban J connectivity index is 0.00000144. The molecule has 0 bridgehead atoms. The maximum atomic E-state index is 12.9. The molecule has 1 N–H and O–H groups in total. The van der Waals surface area contributed by atoms with Crippen LogP contribution >= 0.6 is 24.0 Å². The predicted molar refractivity (Wildman–Crippen MR) is 71.5 cm³/mol. The van der Waals surface area contributed by atoms with Crippen LogP contribution in [0, 0.1) is 5.82 Å². The molecule has 0 spiro atoms. The van der Waals surface area contributed by atoms with E-state index in [0.29, 0.717) is 5.02 Å². The Labute approximate surface area is 113 Å². The Morgan fingerprint density at radius 2 is 2.00 bits per heavy atom. The van der Waals surface area contributed by atoms with E-state index in [1.54, 1.807) is 6.07 Å². The van der Waals surface area contributed by atoms with E-state index in [9.17, 15) is 4.39 Å². The Morgan fingerprint density at radius 3 is 2.59 bits per heavy atom. The van der Waals surface area contributed by atoms with Crippen LogP contribution in [0.25, 0.3) is 0 Å². The van der Waals surface area contributed by atoms with E-state index < -0.39 is 0 Å². The van der Waals surface area contributed by atoms with Crippen molar-refractivity contribution in [3.8, 4) is 0 Å². The number of hydrogen-bond donors (Lipinski definition) is 1. The third-order valence-electron chi connectivity index (χ3n) is 3.11. The summed E-state index contributed by atoms with van der Waals surface area (Å²) in [7, 11) is 0. The highest BCUT2D eigenvalue weighted by Gasteiger charge is 2.19. The molecule has 1 saturated heterocycles. The SMILES string of the molecule is C[C@@H](c1ccc(F)cc1Cl)N1CCNCC1.Cl. The quantitative estimate of drug-likeness (QED) is 0.895. The van der Waals surface area contributed by atoms with Crippen LogP contribution in [0.1, 0.15) is 18.5 Å². The first-order valence-corrected chi connectivity index (χ1v) is 5.96. The molecule has 2 nitrogen and oxygen atoms in total. The van der Waals surface area contributed by atoms with Crippen molar-refractivity contribution in [1.29, 1.82) is 0 Å². The fourth-order valence-corrected chi connectivity index (χ4v) is 2.43. The molecule has 1 aliphatic heterocycles. The van der Waals surface area contributed by atoms with E-state index in [4.69, 9.17) is 11.6 Å². The normalized spacial score (nSPS) is 18.5. The monoisotopic (exact) mass is 278 g/mol. The maximum absolute atomic E-state index is 12.9. The smallest absolute Gasteiger partial charge is 0.124 e. The molecule has 1 aliphatic rings. The summed E-state index contributed by atoms with van der Waals surface area (Å²) in [4.78, 5) is 2.36. The van der Waals surface area contributed by atoms with Crippen molar-refractivity contribution >= 4 is 24.0 Å². The van der Waals surface area contributed by atoms with Gasteiger partial charge in [-0.15, -0.1) is 12.4 Å². The molecule has 0 aromatic heterocycles. The summed E-state index contributed by atoms with van der Waals surface area (Å²) in [6, 6.07) is 4.88. The van der Waals surface area contributed by atoms with E-state index in [-0.39, 0.29) is 24.3 Å². The van der Waals surface area contributed by atoms with Crippen molar-refractivity contribution in [3.63, 3.8) is 0 Å². The van der Waals surface area contributed by atoms with Crippen molar-refractivity contribution in [2.45, 2.75) is 13.0 Å². The summed E-state index contributed by atoms with van der Waals surface area (Å²) < 4.78 is 12.9. The van der Waals surface area contributed by atoms with Crippen molar-refractivity contribution in [2.24, 2.45) is 0 Å². The van der Waals surface area contributed by atoms with Crippen LogP contribution in [0.15, 0.2) is 18.2 Å². The van der Waals surface area contributed by atoms with Gasteiger partial charge < -0.3 is 5.32 Å². The van der Waals surface area contributed by atoms with Crippen LogP contribution in [0.3, 0.4) is 0 Å². The van der Waals surface area contributed by atoms with Gasteiger partial charge in [0.25, 0.3) is 0 Å². The number of benzene rings is 1. The van der Waals surface area contributed by atoms with Crippen LogP contribution in [-0.4, -0.2) is 31.1 Å². The predicted octanol–water partition coefficient (Wildman–Crippen LogP) is 2.87. The van der Waals surface area contributed by atoms with Crippen molar-refractivity contribution in [3.05, 3.63) is 34.6 Å². The molecule has 2 rings (SSSR count). The number of halogens is 3. The lowest BCUT2D eigenvalue weighted by Gasteiger charge is -2.33. The van der Waals surface area contributed by atoms with Gasteiger partial charge in [-0.05, 0) is 24.6 Å². The molecule has 0 unspecified atom stereocenters. The minimum Gasteiger partial charge on any atom is -0.314 e. The molecular formula is C12H17Cl2FN2. The number of hydrogen-bond acceptors (Lipinski definition) is 2. The van der Waals surface area contributed by atoms with Gasteiger partial charge in [0.1, 0.15) is 5.82 Å². The molecule has 5 heteroatoms. The van der Waals surface area contributed by atoms with Crippen molar-refractivity contribution in [2.75, 3.05) is 26.2 Å². The fourth-order valence-electron chi connectivity index (χ4n) is 2.11. The molecule has 17 heavy (non-hydrogen) atoms. The second-order valence-corrected chi connectivity index (χ2v) is 4.53. The Kier molecular flexibility index (Phi) is 5.67. The van der Waals surface area contributed by atoms with Crippen LogP contribution in [0.2, 0.25) is 5.02 Å². The topological polar surface area (TPSA) is 15.3 Å². The second kappa shape index (κ2) is 6.55. The van der Waals surface area contributed by atoms with E-state index in [0.717, 1.165) is 31.7 Å². The summed E-state index contributed by atoms with van der Waals surface area (Å²) in [5.41, 5.74) is 1.00. The molecule has 1 heterocycles. The zero-order chi connectivity index (χ0) is 11.5. The molecule has 1 fully saturated rings. The summed E-state index contributed by atoms with van der Waals surface area (Å²) in [6.45, 7) is 6.14. The lowest BCUT2D eigenvalue weighted by atomic mass is 10.1. The van der Waals surface area contributed by atoms with Gasteiger partial charge in [0.2, 0.25) is 0 Å². The summed E-state index contributed by atoms with van der Waals surface area (Å²) >= 11 is 6.06. The van der Waals surface area contributed by atoms with Crippen LogP contribution in [-0.2, 0) is 0 Å². The molecule has 0 aliphatic carbocycles. The summed E-state index contributed by atoms with van der Waals surface area (Å²) in [5.74, 6) is -0.277. The first kappa shape index (κ1) is 14.7. The number of nitrogens with zero attached hydrogens (tertiary/aromatic N) is 1. The lowest BCUT2D eigenvalue weighted by molar-refractivity contribution is 0.185. The van der Waals surface area contributed by atoms with Gasteiger partial charge in [-0.3, -0.25) is 4.90 Å². The Bertz CT molecular complexity index is 368. The van der Waals surface area contributed by atoms with E-state index in [2.05, 4.69) is 17.1 Å². The van der Waals surface area contributed by atoms with Crippen molar-refractivity contribution < 1.29 is 4.39 Å². The minimum absolute atomic E-state index is 0. The molecule has 0 amide bonds. The zero-order valence-corrected chi connectivity index (χ0v) is 11.3. The minimum atomic E-state index is -0.277. The van der Waals surface area contributed by atoms with Gasteiger partial charge in [0.05, 0.1) is 0 Å². The van der Waals surface area contributed by atoms with E-state index >= 15 is 0 Å². The molecule has 1 atom stereocenters.